The van der Waals surface area contributed by atoms with E-state index in [0.717, 1.165) is 27.4 Å². The van der Waals surface area contributed by atoms with Gasteiger partial charge in [0, 0.05) is 21.7 Å². The van der Waals surface area contributed by atoms with Crippen molar-refractivity contribution in [2.45, 2.75) is 13.5 Å². The normalized spacial score (nSPS) is 11.1. The second-order valence-electron chi connectivity index (χ2n) is 4.18. The quantitative estimate of drug-likeness (QED) is 0.735. The van der Waals surface area contributed by atoms with Gasteiger partial charge in [-0.15, -0.1) is 11.3 Å². The van der Waals surface area contributed by atoms with Gasteiger partial charge in [-0.3, -0.25) is 4.40 Å². The van der Waals surface area contributed by atoms with E-state index in [1.807, 2.05) is 36.7 Å². The molecule has 0 saturated heterocycles. The maximum atomic E-state index is 6.08. The van der Waals surface area contributed by atoms with Crippen LogP contribution in [-0.4, -0.2) is 9.38 Å². The molecule has 6 heteroatoms. The number of nitrogens with zero attached hydrogens (tertiary/aromatic N) is 2. The third-order valence-corrected chi connectivity index (χ3v) is 4.93. The molecule has 0 saturated carbocycles. The molecule has 0 amide bonds. The molecule has 0 atom stereocenters. The molecule has 0 aliphatic carbocycles. The lowest BCUT2D eigenvalue weighted by Crippen LogP contribution is -2.03. The molecule has 0 bridgehead atoms. The van der Waals surface area contributed by atoms with Crippen molar-refractivity contribution in [3.05, 3.63) is 50.7 Å². The number of aromatic nitrogens is 2. The zero-order chi connectivity index (χ0) is 13.4. The zero-order valence-electron chi connectivity index (χ0n) is 10.2. The Hall–Kier alpha value is -1.04. The molecular weight excluding hydrogens is 346 g/mol. The van der Waals surface area contributed by atoms with E-state index >= 15 is 0 Å². The second kappa shape index (κ2) is 5.15. The molecule has 0 aliphatic heterocycles. The first-order valence-corrected chi connectivity index (χ1v) is 7.80. The van der Waals surface area contributed by atoms with Gasteiger partial charge in [0.2, 0.25) is 0 Å². The Labute approximate surface area is 128 Å². The van der Waals surface area contributed by atoms with Gasteiger partial charge >= 0.3 is 0 Å². The Morgan fingerprint density at radius 3 is 3.11 bits per heavy atom. The van der Waals surface area contributed by atoms with Crippen molar-refractivity contribution < 1.29 is 0 Å². The van der Waals surface area contributed by atoms with Crippen molar-refractivity contribution in [1.82, 2.24) is 9.38 Å². The van der Waals surface area contributed by atoms with Crippen LogP contribution in [0.4, 0.5) is 5.69 Å². The molecule has 0 radical (unpaired) electrons. The van der Waals surface area contributed by atoms with Gasteiger partial charge in [0.05, 0.1) is 23.0 Å². The Balaban J connectivity index is 1.83. The number of hydrogen-bond acceptors (Lipinski definition) is 3. The maximum absolute atomic E-state index is 6.08. The van der Waals surface area contributed by atoms with E-state index < -0.39 is 0 Å². The van der Waals surface area contributed by atoms with Crippen LogP contribution in [0.5, 0.6) is 0 Å². The molecule has 3 nitrogen and oxygen atoms in total. The molecule has 3 rings (SSSR count). The SMILES string of the molecule is Cc1nc2sccn2c1CNc1ccc(Br)c(Cl)c1. The average molecular weight is 357 g/mol. The van der Waals surface area contributed by atoms with Gasteiger partial charge in [-0.05, 0) is 41.1 Å². The summed E-state index contributed by atoms with van der Waals surface area (Å²) in [6.45, 7) is 2.76. The molecule has 19 heavy (non-hydrogen) atoms. The minimum atomic E-state index is 0.704. The van der Waals surface area contributed by atoms with Gasteiger partial charge in [-0.2, -0.15) is 0 Å². The number of thiazole rings is 1. The van der Waals surface area contributed by atoms with Crippen LogP contribution in [0.1, 0.15) is 11.4 Å². The molecular formula is C13H11BrClN3S. The number of hydrogen-bond donors (Lipinski definition) is 1. The minimum absolute atomic E-state index is 0.704. The number of nitrogens with one attached hydrogen (secondary N) is 1. The predicted octanol–water partition coefficient (Wildman–Crippen LogP) is 4.73. The molecule has 1 N–H and O–H groups in total. The third kappa shape index (κ3) is 2.50. The minimum Gasteiger partial charge on any atom is -0.379 e. The average Bonchev–Trinajstić information content (AvgIpc) is 2.92. The van der Waals surface area contributed by atoms with Crippen molar-refractivity contribution in [3.8, 4) is 0 Å². The highest BCUT2D eigenvalue weighted by Crippen LogP contribution is 2.26. The van der Waals surface area contributed by atoms with Crippen LogP contribution in [0.25, 0.3) is 4.96 Å². The lowest BCUT2D eigenvalue weighted by atomic mass is 10.3. The Morgan fingerprint density at radius 2 is 2.32 bits per heavy atom. The van der Waals surface area contributed by atoms with E-state index in [1.54, 1.807) is 11.3 Å². The summed E-state index contributed by atoms with van der Waals surface area (Å²) in [6, 6.07) is 5.85. The Kier molecular flexibility index (Phi) is 3.52. The van der Waals surface area contributed by atoms with Crippen molar-refractivity contribution in [2.75, 3.05) is 5.32 Å². The number of imidazole rings is 1. The number of benzene rings is 1. The highest BCUT2D eigenvalue weighted by atomic mass is 79.9. The largest absolute Gasteiger partial charge is 0.379 e. The molecule has 1 aromatic carbocycles. The molecule has 0 fully saturated rings. The molecule has 2 heterocycles. The fraction of sp³-hybridized carbons (Fsp3) is 0.154. The van der Waals surface area contributed by atoms with Gasteiger partial charge in [-0.1, -0.05) is 11.6 Å². The van der Waals surface area contributed by atoms with Crippen LogP contribution in [0.15, 0.2) is 34.2 Å². The van der Waals surface area contributed by atoms with E-state index in [-0.39, 0.29) is 0 Å². The monoisotopic (exact) mass is 355 g/mol. The molecule has 3 aromatic rings. The van der Waals surface area contributed by atoms with Crippen molar-refractivity contribution in [2.24, 2.45) is 0 Å². The predicted molar refractivity (Wildman–Crippen MR) is 84.3 cm³/mol. The van der Waals surface area contributed by atoms with Crippen molar-refractivity contribution in [1.29, 1.82) is 0 Å². The molecule has 0 aliphatic rings. The number of aryl methyl sites for hydroxylation is 1. The number of fused-ring (bicyclic) bond motifs is 1. The smallest absolute Gasteiger partial charge is 0.194 e. The summed E-state index contributed by atoms with van der Waals surface area (Å²) in [6.07, 6.45) is 2.05. The summed E-state index contributed by atoms with van der Waals surface area (Å²) in [5.74, 6) is 0. The van der Waals surface area contributed by atoms with Gasteiger partial charge < -0.3 is 5.32 Å². The summed E-state index contributed by atoms with van der Waals surface area (Å²) in [7, 11) is 0. The van der Waals surface area contributed by atoms with E-state index in [1.165, 1.54) is 5.69 Å². The highest BCUT2D eigenvalue weighted by Gasteiger charge is 2.09. The van der Waals surface area contributed by atoms with Crippen LogP contribution in [0.2, 0.25) is 5.02 Å². The third-order valence-electron chi connectivity index (χ3n) is 2.94. The van der Waals surface area contributed by atoms with Crippen molar-refractivity contribution >= 4 is 49.5 Å². The van der Waals surface area contributed by atoms with Gasteiger partial charge in [0.1, 0.15) is 0 Å². The Morgan fingerprint density at radius 1 is 1.47 bits per heavy atom. The topological polar surface area (TPSA) is 29.3 Å². The van der Waals surface area contributed by atoms with E-state index in [2.05, 4.69) is 30.6 Å². The molecule has 2 aromatic heterocycles. The lowest BCUT2D eigenvalue weighted by Gasteiger charge is -2.07. The lowest BCUT2D eigenvalue weighted by molar-refractivity contribution is 0.994. The van der Waals surface area contributed by atoms with Gasteiger partial charge in [0.15, 0.2) is 4.96 Å². The zero-order valence-corrected chi connectivity index (χ0v) is 13.3. The van der Waals surface area contributed by atoms with Crippen LogP contribution in [0, 0.1) is 6.92 Å². The van der Waals surface area contributed by atoms with Crippen LogP contribution in [-0.2, 0) is 6.54 Å². The number of halogens is 2. The van der Waals surface area contributed by atoms with Crippen LogP contribution in [0.3, 0.4) is 0 Å². The summed E-state index contributed by atoms with van der Waals surface area (Å²) < 4.78 is 3.02. The van der Waals surface area contributed by atoms with E-state index in [4.69, 9.17) is 11.6 Å². The first kappa shape index (κ1) is 13.0. The second-order valence-corrected chi connectivity index (χ2v) is 6.32. The number of anilines is 1. The standard InChI is InChI=1S/C13H11BrClN3S/c1-8-12(18-4-5-19-13(18)17-8)7-16-9-2-3-10(14)11(15)6-9/h2-6,16H,7H2,1H3. The maximum Gasteiger partial charge on any atom is 0.194 e. The highest BCUT2D eigenvalue weighted by molar-refractivity contribution is 9.10. The number of rotatable bonds is 3. The first-order valence-electron chi connectivity index (χ1n) is 5.75. The molecule has 98 valence electrons. The summed E-state index contributed by atoms with van der Waals surface area (Å²) in [5, 5.41) is 6.12. The molecule has 0 spiro atoms. The fourth-order valence-corrected chi connectivity index (χ4v) is 3.15. The fourth-order valence-electron chi connectivity index (χ4n) is 1.95. The van der Waals surface area contributed by atoms with Gasteiger partial charge in [0.25, 0.3) is 0 Å². The van der Waals surface area contributed by atoms with Crippen LogP contribution >= 0.6 is 38.9 Å². The van der Waals surface area contributed by atoms with Crippen LogP contribution < -0.4 is 5.32 Å². The summed E-state index contributed by atoms with van der Waals surface area (Å²) in [5.41, 5.74) is 3.23. The summed E-state index contributed by atoms with van der Waals surface area (Å²) in [4.78, 5) is 5.56. The van der Waals surface area contributed by atoms with Gasteiger partial charge in [-0.25, -0.2) is 4.98 Å². The summed E-state index contributed by atoms with van der Waals surface area (Å²) >= 11 is 11.1. The molecule has 0 unspecified atom stereocenters. The first-order chi connectivity index (χ1) is 9.15. The van der Waals surface area contributed by atoms with Crippen molar-refractivity contribution in [3.63, 3.8) is 0 Å². The van der Waals surface area contributed by atoms with E-state index in [0.29, 0.717) is 5.02 Å². The Bertz CT molecular complexity index is 735. The van der Waals surface area contributed by atoms with E-state index in [9.17, 15) is 0 Å².